The van der Waals surface area contributed by atoms with Crippen LogP contribution in [0.25, 0.3) is 0 Å². The van der Waals surface area contributed by atoms with E-state index in [0.29, 0.717) is 0 Å². The summed E-state index contributed by atoms with van der Waals surface area (Å²) >= 11 is 0. The highest BCUT2D eigenvalue weighted by atomic mass is 16.3. The van der Waals surface area contributed by atoms with Crippen molar-refractivity contribution in [3.63, 3.8) is 0 Å². The van der Waals surface area contributed by atoms with Crippen LogP contribution in [0.4, 0.5) is 0 Å². The molecule has 1 heterocycles. The van der Waals surface area contributed by atoms with E-state index in [2.05, 4.69) is 16.9 Å². The van der Waals surface area contributed by atoms with E-state index in [9.17, 15) is 5.11 Å². The average Bonchev–Trinajstić information content (AvgIpc) is 2.16. The fourth-order valence-electron chi connectivity index (χ4n) is 2.11. The van der Waals surface area contributed by atoms with Gasteiger partial charge in [-0.15, -0.1) is 0 Å². The summed E-state index contributed by atoms with van der Waals surface area (Å²) in [5, 5.41) is 9.46. The minimum Gasteiger partial charge on any atom is -0.395 e. The van der Waals surface area contributed by atoms with E-state index in [1.807, 2.05) is 13.0 Å². The van der Waals surface area contributed by atoms with Crippen molar-refractivity contribution in [2.75, 3.05) is 6.61 Å². The molecule has 1 aromatic heterocycles. The van der Waals surface area contributed by atoms with Crippen molar-refractivity contribution in [3.05, 3.63) is 23.3 Å². The van der Waals surface area contributed by atoms with Crippen LogP contribution in [0.15, 0.2) is 6.07 Å². The monoisotopic (exact) mass is 206 g/mol. The number of aryl methyl sites for hydroxylation is 2. The number of aliphatic hydroxyl groups is 1. The molecule has 2 rings (SSSR count). The average molecular weight is 206 g/mol. The lowest BCUT2D eigenvalue weighted by Gasteiger charge is -2.38. The van der Waals surface area contributed by atoms with Crippen molar-refractivity contribution < 1.29 is 5.11 Å². The van der Waals surface area contributed by atoms with E-state index in [1.54, 1.807) is 0 Å². The lowest BCUT2D eigenvalue weighted by molar-refractivity contribution is 0.111. The topological polar surface area (TPSA) is 46.0 Å². The maximum Gasteiger partial charge on any atom is 0.137 e. The zero-order valence-corrected chi connectivity index (χ0v) is 9.45. The van der Waals surface area contributed by atoms with Crippen LogP contribution in [0.1, 0.15) is 43.4 Å². The second-order valence-corrected chi connectivity index (χ2v) is 4.47. The third kappa shape index (κ3) is 1.76. The van der Waals surface area contributed by atoms with Gasteiger partial charge in [0.15, 0.2) is 0 Å². The van der Waals surface area contributed by atoms with Gasteiger partial charge in [-0.1, -0.05) is 13.3 Å². The molecule has 1 saturated carbocycles. The van der Waals surface area contributed by atoms with E-state index in [4.69, 9.17) is 0 Å². The Bertz CT molecular complexity index is 353. The Kier molecular flexibility index (Phi) is 2.74. The fourth-order valence-corrected chi connectivity index (χ4v) is 2.11. The van der Waals surface area contributed by atoms with Crippen LogP contribution in [0.5, 0.6) is 0 Å². The molecule has 0 unspecified atom stereocenters. The normalized spacial score (nSPS) is 18.6. The molecule has 1 aromatic rings. The Balaban J connectivity index is 2.38. The van der Waals surface area contributed by atoms with Gasteiger partial charge >= 0.3 is 0 Å². The number of hydrogen-bond acceptors (Lipinski definition) is 3. The predicted octanol–water partition coefficient (Wildman–Crippen LogP) is 1.76. The Hall–Kier alpha value is -0.960. The summed E-state index contributed by atoms with van der Waals surface area (Å²) in [6.07, 6.45) is 4.16. The second-order valence-electron chi connectivity index (χ2n) is 4.47. The van der Waals surface area contributed by atoms with Gasteiger partial charge in [0.05, 0.1) is 12.0 Å². The molecule has 15 heavy (non-hydrogen) atoms. The molecular weight excluding hydrogens is 188 g/mol. The molecule has 0 amide bonds. The van der Waals surface area contributed by atoms with E-state index in [0.717, 1.165) is 36.5 Å². The smallest absolute Gasteiger partial charge is 0.137 e. The molecule has 3 nitrogen and oxygen atoms in total. The molecular formula is C12H18N2O. The van der Waals surface area contributed by atoms with Gasteiger partial charge in [-0.3, -0.25) is 0 Å². The summed E-state index contributed by atoms with van der Waals surface area (Å²) in [5.41, 5.74) is 1.96. The summed E-state index contributed by atoms with van der Waals surface area (Å²) in [7, 11) is 0. The van der Waals surface area contributed by atoms with Crippen LogP contribution in [-0.2, 0) is 11.8 Å². The molecule has 0 aromatic carbocycles. The Labute approximate surface area is 90.6 Å². The maximum atomic E-state index is 9.46. The third-order valence-corrected chi connectivity index (χ3v) is 3.36. The first-order valence-corrected chi connectivity index (χ1v) is 5.66. The third-order valence-electron chi connectivity index (χ3n) is 3.36. The molecule has 0 bridgehead atoms. The first-order chi connectivity index (χ1) is 7.20. The Morgan fingerprint density at radius 2 is 2.13 bits per heavy atom. The first kappa shape index (κ1) is 10.6. The lowest BCUT2D eigenvalue weighted by Crippen LogP contribution is -2.40. The Morgan fingerprint density at radius 1 is 1.40 bits per heavy atom. The highest BCUT2D eigenvalue weighted by Gasteiger charge is 2.41. The van der Waals surface area contributed by atoms with Gasteiger partial charge in [0, 0.05) is 11.4 Å². The van der Waals surface area contributed by atoms with Gasteiger partial charge in [-0.05, 0) is 32.3 Å². The zero-order valence-electron chi connectivity index (χ0n) is 9.45. The molecule has 1 fully saturated rings. The van der Waals surface area contributed by atoms with Crippen LogP contribution in [0.3, 0.4) is 0 Å². The minimum atomic E-state index is -0.129. The zero-order chi connectivity index (χ0) is 10.9. The fraction of sp³-hybridized carbons (Fsp3) is 0.667. The van der Waals surface area contributed by atoms with Crippen LogP contribution in [0, 0.1) is 6.92 Å². The van der Waals surface area contributed by atoms with Crippen molar-refractivity contribution in [1.82, 2.24) is 9.97 Å². The van der Waals surface area contributed by atoms with Gasteiger partial charge in [0.2, 0.25) is 0 Å². The standard InChI is InChI=1S/C12H18N2O/c1-3-10-7-9(2)13-11(14-10)12(8-15)5-4-6-12/h7,15H,3-6,8H2,1-2H3. The van der Waals surface area contributed by atoms with Crippen molar-refractivity contribution in [1.29, 1.82) is 0 Å². The van der Waals surface area contributed by atoms with Gasteiger partial charge in [0.25, 0.3) is 0 Å². The van der Waals surface area contributed by atoms with Crippen molar-refractivity contribution >= 4 is 0 Å². The molecule has 0 aliphatic heterocycles. The van der Waals surface area contributed by atoms with Crippen molar-refractivity contribution in [3.8, 4) is 0 Å². The van der Waals surface area contributed by atoms with Gasteiger partial charge in [-0.25, -0.2) is 9.97 Å². The van der Waals surface area contributed by atoms with Gasteiger partial charge in [0.1, 0.15) is 5.82 Å². The highest BCUT2D eigenvalue weighted by molar-refractivity contribution is 5.19. The van der Waals surface area contributed by atoms with Gasteiger partial charge in [-0.2, -0.15) is 0 Å². The molecule has 82 valence electrons. The van der Waals surface area contributed by atoms with Crippen molar-refractivity contribution in [2.24, 2.45) is 0 Å². The molecule has 0 saturated heterocycles. The maximum absolute atomic E-state index is 9.46. The summed E-state index contributed by atoms with van der Waals surface area (Å²) in [5.74, 6) is 0.855. The van der Waals surface area contributed by atoms with E-state index in [-0.39, 0.29) is 12.0 Å². The van der Waals surface area contributed by atoms with Crippen LogP contribution in [0.2, 0.25) is 0 Å². The van der Waals surface area contributed by atoms with E-state index in [1.165, 1.54) is 6.42 Å². The summed E-state index contributed by atoms with van der Waals surface area (Å²) < 4.78 is 0. The molecule has 3 heteroatoms. The number of rotatable bonds is 3. The van der Waals surface area contributed by atoms with Crippen molar-refractivity contribution in [2.45, 2.75) is 44.9 Å². The van der Waals surface area contributed by atoms with Crippen LogP contribution >= 0.6 is 0 Å². The summed E-state index contributed by atoms with van der Waals surface area (Å²) in [6.45, 7) is 4.27. The van der Waals surface area contributed by atoms with Gasteiger partial charge < -0.3 is 5.11 Å². The first-order valence-electron chi connectivity index (χ1n) is 5.66. The summed E-state index contributed by atoms with van der Waals surface area (Å²) in [4.78, 5) is 9.02. The SMILES string of the molecule is CCc1cc(C)nc(C2(CO)CCC2)n1. The quantitative estimate of drug-likeness (QED) is 0.819. The number of hydrogen-bond donors (Lipinski definition) is 1. The minimum absolute atomic E-state index is 0.129. The molecule has 0 spiro atoms. The second kappa shape index (κ2) is 3.89. The number of nitrogens with zero attached hydrogens (tertiary/aromatic N) is 2. The largest absolute Gasteiger partial charge is 0.395 e. The van der Waals surface area contributed by atoms with Crippen LogP contribution < -0.4 is 0 Å². The van der Waals surface area contributed by atoms with E-state index < -0.39 is 0 Å². The molecule has 0 atom stereocenters. The summed E-state index contributed by atoms with van der Waals surface area (Å²) in [6, 6.07) is 2.02. The lowest BCUT2D eigenvalue weighted by atomic mass is 9.68. The Morgan fingerprint density at radius 3 is 2.60 bits per heavy atom. The number of aromatic nitrogens is 2. The predicted molar refractivity (Wildman–Crippen MR) is 58.8 cm³/mol. The molecule has 0 radical (unpaired) electrons. The highest BCUT2D eigenvalue weighted by Crippen LogP contribution is 2.41. The molecule has 1 aliphatic rings. The molecule has 1 aliphatic carbocycles. The molecule has 1 N–H and O–H groups in total. The van der Waals surface area contributed by atoms with Crippen LogP contribution in [-0.4, -0.2) is 21.7 Å². The van der Waals surface area contributed by atoms with E-state index >= 15 is 0 Å². The number of aliphatic hydroxyl groups excluding tert-OH is 1.